The third-order valence-corrected chi connectivity index (χ3v) is 3.30. The van der Waals surface area contributed by atoms with Gasteiger partial charge < -0.3 is 4.74 Å². The Morgan fingerprint density at radius 2 is 2.38 bits per heavy atom. The first-order valence-electron chi connectivity index (χ1n) is 4.64. The van der Waals surface area contributed by atoms with Crippen LogP contribution in [0.5, 0.6) is 0 Å². The minimum Gasteiger partial charge on any atom is -0.461 e. The minimum absolute atomic E-state index is 0.301. The molecule has 0 aromatic carbocycles. The molecule has 0 aliphatic rings. The predicted octanol–water partition coefficient (Wildman–Crippen LogP) is 2.77. The number of rotatable bonds is 2. The van der Waals surface area contributed by atoms with Crippen LogP contribution in [0.2, 0.25) is 5.15 Å². The maximum Gasteiger partial charge on any atom is 0.359 e. The van der Waals surface area contributed by atoms with Crippen molar-refractivity contribution < 1.29 is 9.53 Å². The summed E-state index contributed by atoms with van der Waals surface area (Å²) in [6.07, 6.45) is 0. The fourth-order valence-electron chi connectivity index (χ4n) is 1.35. The van der Waals surface area contributed by atoms with Crippen LogP contribution in [0.4, 0.5) is 0 Å². The number of hydrogen-bond donors (Lipinski definition) is 0. The van der Waals surface area contributed by atoms with Gasteiger partial charge in [-0.1, -0.05) is 17.7 Å². The highest BCUT2D eigenvalue weighted by Gasteiger charge is 2.18. The number of pyridine rings is 1. The lowest BCUT2D eigenvalue weighted by molar-refractivity contribution is 0.0519. The van der Waals surface area contributed by atoms with Gasteiger partial charge in [0.15, 0.2) is 5.69 Å². The number of carbonyl (C=O) groups excluding carboxylic acids is 1. The van der Waals surface area contributed by atoms with Crippen molar-refractivity contribution >= 4 is 45.8 Å². The van der Waals surface area contributed by atoms with E-state index >= 15 is 0 Å². The average molecular weight is 351 g/mol. The maximum atomic E-state index is 11.6. The van der Waals surface area contributed by atoms with Crippen LogP contribution in [0.25, 0.3) is 5.65 Å². The average Bonchev–Trinajstić information content (AvgIpc) is 2.58. The number of imidazole rings is 1. The van der Waals surface area contributed by atoms with Crippen LogP contribution in [0.1, 0.15) is 17.4 Å². The van der Waals surface area contributed by atoms with E-state index in [0.29, 0.717) is 26.8 Å². The molecule has 0 amide bonds. The molecule has 4 nitrogen and oxygen atoms in total. The van der Waals surface area contributed by atoms with Gasteiger partial charge in [0.25, 0.3) is 0 Å². The third-order valence-electron chi connectivity index (χ3n) is 2.01. The zero-order chi connectivity index (χ0) is 11.7. The number of nitrogens with zero attached hydrogens (tertiary/aromatic N) is 2. The summed E-state index contributed by atoms with van der Waals surface area (Å²) in [6.45, 7) is 2.09. The molecule has 0 fully saturated rings. The van der Waals surface area contributed by atoms with E-state index in [0.717, 1.165) is 0 Å². The van der Waals surface area contributed by atoms with E-state index in [1.165, 1.54) is 0 Å². The van der Waals surface area contributed by atoms with E-state index in [4.69, 9.17) is 16.3 Å². The minimum atomic E-state index is -0.424. The largest absolute Gasteiger partial charge is 0.461 e. The number of carbonyl (C=O) groups is 1. The van der Waals surface area contributed by atoms with Crippen LogP contribution < -0.4 is 0 Å². The molecule has 0 bridgehead atoms. The summed E-state index contributed by atoms with van der Waals surface area (Å²) in [5.74, 6) is -0.424. The predicted molar refractivity (Wildman–Crippen MR) is 68.9 cm³/mol. The molecule has 0 N–H and O–H groups in total. The molecular formula is C10H8ClIN2O2. The first-order valence-corrected chi connectivity index (χ1v) is 6.10. The molecule has 16 heavy (non-hydrogen) atoms. The molecule has 0 radical (unpaired) electrons. The molecule has 0 aliphatic carbocycles. The Labute approximate surface area is 111 Å². The van der Waals surface area contributed by atoms with Crippen molar-refractivity contribution in [3.8, 4) is 0 Å². The molecule has 0 saturated carbocycles. The molecule has 2 heterocycles. The number of aromatic nitrogens is 2. The number of ether oxygens (including phenoxy) is 1. The number of hydrogen-bond acceptors (Lipinski definition) is 3. The fraction of sp³-hybridized carbons (Fsp3) is 0.200. The summed E-state index contributed by atoms with van der Waals surface area (Å²) >= 11 is 8.05. The van der Waals surface area contributed by atoms with E-state index < -0.39 is 5.97 Å². The summed E-state index contributed by atoms with van der Waals surface area (Å²) in [5, 5.41) is 0.518. The molecule has 0 unspecified atom stereocenters. The Kier molecular flexibility index (Phi) is 3.34. The Bertz CT molecular complexity index is 553. The highest BCUT2D eigenvalue weighted by atomic mass is 127. The Morgan fingerprint density at radius 3 is 3.00 bits per heavy atom. The molecule has 0 spiro atoms. The molecule has 84 valence electrons. The second kappa shape index (κ2) is 4.58. The van der Waals surface area contributed by atoms with Gasteiger partial charge >= 0.3 is 5.97 Å². The SMILES string of the molecule is CCOC(=O)c1nc2cccc(Cl)n2c1I. The van der Waals surface area contributed by atoms with Gasteiger partial charge in [-0.3, -0.25) is 4.40 Å². The van der Waals surface area contributed by atoms with Crippen molar-refractivity contribution in [1.29, 1.82) is 0 Å². The first kappa shape index (κ1) is 11.7. The maximum absolute atomic E-state index is 11.6. The van der Waals surface area contributed by atoms with E-state index in [2.05, 4.69) is 4.98 Å². The lowest BCUT2D eigenvalue weighted by atomic mass is 10.5. The van der Waals surface area contributed by atoms with Crippen LogP contribution in [0, 0.1) is 3.70 Å². The summed E-state index contributed by atoms with van der Waals surface area (Å²) < 4.78 is 7.28. The monoisotopic (exact) mass is 350 g/mol. The highest BCUT2D eigenvalue weighted by Crippen LogP contribution is 2.20. The zero-order valence-corrected chi connectivity index (χ0v) is 11.3. The van der Waals surface area contributed by atoms with Gasteiger partial charge in [0.1, 0.15) is 14.5 Å². The van der Waals surface area contributed by atoms with Gasteiger partial charge in [-0.15, -0.1) is 0 Å². The van der Waals surface area contributed by atoms with Gasteiger partial charge in [0, 0.05) is 0 Å². The van der Waals surface area contributed by atoms with Crippen molar-refractivity contribution in [2.24, 2.45) is 0 Å². The Hall–Kier alpha value is -0.820. The molecule has 2 aromatic rings. The number of halogens is 2. The normalized spacial score (nSPS) is 10.7. The van der Waals surface area contributed by atoms with Crippen molar-refractivity contribution in [2.75, 3.05) is 6.61 Å². The molecule has 0 saturated heterocycles. The quantitative estimate of drug-likeness (QED) is 0.475. The highest BCUT2D eigenvalue weighted by molar-refractivity contribution is 14.1. The van der Waals surface area contributed by atoms with E-state index in [-0.39, 0.29) is 0 Å². The van der Waals surface area contributed by atoms with Crippen molar-refractivity contribution in [1.82, 2.24) is 9.38 Å². The van der Waals surface area contributed by atoms with Crippen LogP contribution in [0.15, 0.2) is 18.2 Å². The van der Waals surface area contributed by atoms with Crippen molar-refractivity contribution in [2.45, 2.75) is 6.92 Å². The standard InChI is InChI=1S/C10H8ClIN2O2/c1-2-16-10(15)8-9(12)14-6(11)4-3-5-7(14)13-8/h3-5H,2H2,1H3. The van der Waals surface area contributed by atoms with Gasteiger partial charge in [-0.2, -0.15) is 0 Å². The number of esters is 1. The summed E-state index contributed by atoms with van der Waals surface area (Å²) in [5.41, 5.74) is 0.940. The van der Waals surface area contributed by atoms with Gasteiger partial charge in [0.05, 0.1) is 6.61 Å². The van der Waals surface area contributed by atoms with Crippen LogP contribution in [-0.2, 0) is 4.74 Å². The molecule has 6 heteroatoms. The molecule has 2 aromatic heterocycles. The number of fused-ring (bicyclic) bond motifs is 1. The first-order chi connectivity index (χ1) is 7.65. The van der Waals surface area contributed by atoms with Crippen molar-refractivity contribution in [3.63, 3.8) is 0 Å². The molecule has 0 aliphatic heterocycles. The van der Waals surface area contributed by atoms with E-state index in [9.17, 15) is 4.79 Å². The van der Waals surface area contributed by atoms with E-state index in [1.807, 2.05) is 22.6 Å². The van der Waals surface area contributed by atoms with Crippen molar-refractivity contribution in [3.05, 3.63) is 32.7 Å². The topological polar surface area (TPSA) is 43.6 Å². The molecular weight excluding hydrogens is 342 g/mol. The lowest BCUT2D eigenvalue weighted by Crippen LogP contribution is -2.07. The van der Waals surface area contributed by atoms with E-state index in [1.54, 1.807) is 29.5 Å². The smallest absolute Gasteiger partial charge is 0.359 e. The third kappa shape index (κ3) is 1.89. The Morgan fingerprint density at radius 1 is 1.62 bits per heavy atom. The van der Waals surface area contributed by atoms with Gasteiger partial charge in [0.2, 0.25) is 0 Å². The lowest BCUT2D eigenvalue weighted by Gasteiger charge is -1.99. The Balaban J connectivity index is 2.61. The van der Waals surface area contributed by atoms with Crippen LogP contribution in [0.3, 0.4) is 0 Å². The zero-order valence-electron chi connectivity index (χ0n) is 8.41. The van der Waals surface area contributed by atoms with Crippen LogP contribution in [-0.4, -0.2) is 22.0 Å². The van der Waals surface area contributed by atoms with Gasteiger partial charge in [-0.25, -0.2) is 9.78 Å². The molecule has 0 atom stereocenters. The van der Waals surface area contributed by atoms with Crippen LogP contribution >= 0.6 is 34.2 Å². The summed E-state index contributed by atoms with van der Waals surface area (Å²) in [4.78, 5) is 15.8. The fourth-order valence-corrected chi connectivity index (χ4v) is 2.58. The second-order valence-electron chi connectivity index (χ2n) is 3.01. The summed E-state index contributed by atoms with van der Waals surface area (Å²) in [6, 6.07) is 5.32. The second-order valence-corrected chi connectivity index (χ2v) is 4.42. The van der Waals surface area contributed by atoms with Gasteiger partial charge in [-0.05, 0) is 41.6 Å². The molecule has 2 rings (SSSR count). The summed E-state index contributed by atoms with van der Waals surface area (Å²) in [7, 11) is 0.